The van der Waals surface area contributed by atoms with E-state index < -0.39 is 0 Å². The summed E-state index contributed by atoms with van der Waals surface area (Å²) in [6.07, 6.45) is 6.40. The molecule has 3 nitrogen and oxygen atoms in total. The highest BCUT2D eigenvalue weighted by molar-refractivity contribution is 5.29. The number of hydrogen-bond donors (Lipinski definition) is 1. The Balaban J connectivity index is 2.72. The molecule has 0 amide bonds. The number of hydrogen-bond acceptors (Lipinski definition) is 2. The molecule has 90 valence electrons. The number of anilines is 1. The van der Waals surface area contributed by atoms with Crippen molar-refractivity contribution in [1.29, 1.82) is 0 Å². The first-order valence-electron chi connectivity index (χ1n) is 6.09. The largest absolute Gasteiger partial charge is 0.352 e. The van der Waals surface area contributed by atoms with E-state index in [-0.39, 0.29) is 0 Å². The third-order valence-corrected chi connectivity index (χ3v) is 2.91. The molecule has 0 aromatic carbocycles. The van der Waals surface area contributed by atoms with Crippen molar-refractivity contribution in [3.63, 3.8) is 0 Å². The highest BCUT2D eigenvalue weighted by atomic mass is 15.2. The van der Waals surface area contributed by atoms with Gasteiger partial charge in [0.2, 0.25) is 5.95 Å². The molecule has 0 atom stereocenters. The molecule has 1 rings (SSSR count). The van der Waals surface area contributed by atoms with Crippen LogP contribution in [0.1, 0.15) is 32.4 Å². The molecular formula is C13H23N3. The van der Waals surface area contributed by atoms with Gasteiger partial charge in [-0.1, -0.05) is 32.8 Å². The van der Waals surface area contributed by atoms with Crippen molar-refractivity contribution in [3.05, 3.63) is 24.5 Å². The van der Waals surface area contributed by atoms with Gasteiger partial charge in [-0.05, 0) is 12.8 Å². The normalized spacial score (nSPS) is 10.8. The molecule has 0 fully saturated rings. The second kappa shape index (κ2) is 6.36. The standard InChI is InChI=1S/C13H23N3/c1-5-8-14-13-15-11(4)9-16(13)10-12(6-2)7-3/h5,9,12H,1,6-8,10H2,2-4H3,(H,14,15). The second-order valence-corrected chi connectivity index (χ2v) is 4.21. The summed E-state index contributed by atoms with van der Waals surface area (Å²) in [4.78, 5) is 4.47. The number of nitrogens with one attached hydrogen (secondary N) is 1. The number of aryl methyl sites for hydroxylation is 1. The van der Waals surface area contributed by atoms with Crippen LogP contribution in [0.2, 0.25) is 0 Å². The second-order valence-electron chi connectivity index (χ2n) is 4.21. The smallest absolute Gasteiger partial charge is 0.203 e. The lowest BCUT2D eigenvalue weighted by Gasteiger charge is -2.15. The minimum Gasteiger partial charge on any atom is -0.352 e. The van der Waals surface area contributed by atoms with Crippen molar-refractivity contribution in [1.82, 2.24) is 9.55 Å². The summed E-state index contributed by atoms with van der Waals surface area (Å²) >= 11 is 0. The summed E-state index contributed by atoms with van der Waals surface area (Å²) in [5.41, 5.74) is 1.07. The fourth-order valence-corrected chi connectivity index (χ4v) is 1.82. The molecule has 0 unspecified atom stereocenters. The lowest BCUT2D eigenvalue weighted by Crippen LogP contribution is -2.12. The minimum atomic E-state index is 0.734. The van der Waals surface area contributed by atoms with Crippen LogP contribution in [0.25, 0.3) is 0 Å². The van der Waals surface area contributed by atoms with Gasteiger partial charge >= 0.3 is 0 Å². The molecule has 0 bridgehead atoms. The topological polar surface area (TPSA) is 29.9 Å². The van der Waals surface area contributed by atoms with Crippen LogP contribution in [0, 0.1) is 12.8 Å². The van der Waals surface area contributed by atoms with Gasteiger partial charge in [-0.15, -0.1) is 6.58 Å². The van der Waals surface area contributed by atoms with Gasteiger partial charge in [0.1, 0.15) is 0 Å². The summed E-state index contributed by atoms with van der Waals surface area (Å²) in [5, 5.41) is 3.27. The number of rotatable bonds is 7. The molecule has 0 saturated heterocycles. The maximum Gasteiger partial charge on any atom is 0.203 e. The van der Waals surface area contributed by atoms with Crippen LogP contribution in [0.5, 0.6) is 0 Å². The Morgan fingerprint density at radius 2 is 2.19 bits per heavy atom. The van der Waals surface area contributed by atoms with E-state index in [1.807, 2.05) is 13.0 Å². The van der Waals surface area contributed by atoms with Crippen molar-refractivity contribution in [2.75, 3.05) is 11.9 Å². The molecule has 0 aliphatic rings. The van der Waals surface area contributed by atoms with Gasteiger partial charge in [0, 0.05) is 19.3 Å². The van der Waals surface area contributed by atoms with E-state index in [0.29, 0.717) is 0 Å². The van der Waals surface area contributed by atoms with Crippen molar-refractivity contribution < 1.29 is 0 Å². The van der Waals surface area contributed by atoms with Gasteiger partial charge in [0.25, 0.3) is 0 Å². The zero-order valence-corrected chi connectivity index (χ0v) is 10.7. The first kappa shape index (κ1) is 12.8. The molecule has 1 N–H and O–H groups in total. The van der Waals surface area contributed by atoms with Gasteiger partial charge in [-0.25, -0.2) is 4.98 Å². The van der Waals surface area contributed by atoms with Crippen LogP contribution < -0.4 is 5.32 Å². The predicted octanol–water partition coefficient (Wildman–Crippen LogP) is 3.23. The monoisotopic (exact) mass is 221 g/mol. The zero-order valence-electron chi connectivity index (χ0n) is 10.7. The molecule has 0 aliphatic carbocycles. The molecule has 16 heavy (non-hydrogen) atoms. The summed E-state index contributed by atoms with van der Waals surface area (Å²) in [6.45, 7) is 12.0. The predicted molar refractivity (Wildman–Crippen MR) is 69.7 cm³/mol. The van der Waals surface area contributed by atoms with E-state index in [0.717, 1.165) is 30.6 Å². The minimum absolute atomic E-state index is 0.734. The van der Waals surface area contributed by atoms with Crippen LogP contribution in [0.3, 0.4) is 0 Å². The van der Waals surface area contributed by atoms with E-state index in [1.165, 1.54) is 12.8 Å². The Morgan fingerprint density at radius 3 is 2.75 bits per heavy atom. The van der Waals surface area contributed by atoms with E-state index in [4.69, 9.17) is 0 Å². The molecule has 1 heterocycles. The van der Waals surface area contributed by atoms with E-state index in [1.54, 1.807) is 0 Å². The van der Waals surface area contributed by atoms with E-state index >= 15 is 0 Å². The Bertz CT molecular complexity index is 324. The molecular weight excluding hydrogens is 198 g/mol. The van der Waals surface area contributed by atoms with Crippen LogP contribution in [-0.2, 0) is 6.54 Å². The van der Waals surface area contributed by atoms with E-state index in [9.17, 15) is 0 Å². The highest BCUT2D eigenvalue weighted by Crippen LogP contribution is 2.15. The maximum absolute atomic E-state index is 4.47. The van der Waals surface area contributed by atoms with Crippen molar-refractivity contribution in [3.8, 4) is 0 Å². The fourth-order valence-electron chi connectivity index (χ4n) is 1.82. The first-order valence-corrected chi connectivity index (χ1v) is 6.09. The Hall–Kier alpha value is -1.25. The average molecular weight is 221 g/mol. The maximum atomic E-state index is 4.47. The summed E-state index contributed by atoms with van der Waals surface area (Å²) in [7, 11) is 0. The van der Waals surface area contributed by atoms with Crippen LogP contribution >= 0.6 is 0 Å². The van der Waals surface area contributed by atoms with Gasteiger partial charge in [-0.3, -0.25) is 0 Å². The Kier molecular flexibility index (Phi) is 5.09. The van der Waals surface area contributed by atoms with Gasteiger partial charge in [0.15, 0.2) is 0 Å². The summed E-state index contributed by atoms with van der Waals surface area (Å²) in [6, 6.07) is 0. The summed E-state index contributed by atoms with van der Waals surface area (Å²) < 4.78 is 2.22. The van der Waals surface area contributed by atoms with Crippen LogP contribution in [-0.4, -0.2) is 16.1 Å². The van der Waals surface area contributed by atoms with Gasteiger partial charge in [-0.2, -0.15) is 0 Å². The zero-order chi connectivity index (χ0) is 12.0. The highest BCUT2D eigenvalue weighted by Gasteiger charge is 2.09. The number of nitrogens with zero attached hydrogens (tertiary/aromatic N) is 2. The number of imidazole rings is 1. The first-order chi connectivity index (χ1) is 7.71. The van der Waals surface area contributed by atoms with Crippen LogP contribution in [0.4, 0.5) is 5.95 Å². The summed E-state index contributed by atoms with van der Waals surface area (Å²) in [5.74, 6) is 1.70. The molecule has 1 aromatic heterocycles. The van der Waals surface area contributed by atoms with Gasteiger partial charge in [0.05, 0.1) is 5.69 Å². The molecule has 0 saturated carbocycles. The molecule has 0 aliphatic heterocycles. The van der Waals surface area contributed by atoms with Crippen LogP contribution in [0.15, 0.2) is 18.9 Å². The van der Waals surface area contributed by atoms with Gasteiger partial charge < -0.3 is 9.88 Å². The molecule has 3 heteroatoms. The lowest BCUT2D eigenvalue weighted by molar-refractivity contribution is 0.420. The fraction of sp³-hybridized carbons (Fsp3) is 0.615. The number of aromatic nitrogens is 2. The average Bonchev–Trinajstić information content (AvgIpc) is 2.63. The van der Waals surface area contributed by atoms with E-state index in [2.05, 4.69) is 41.5 Å². The van der Waals surface area contributed by atoms with Crippen molar-refractivity contribution in [2.45, 2.75) is 40.2 Å². The molecule has 1 aromatic rings. The van der Waals surface area contributed by atoms with Crippen molar-refractivity contribution in [2.24, 2.45) is 5.92 Å². The third-order valence-electron chi connectivity index (χ3n) is 2.91. The SMILES string of the molecule is C=CCNc1nc(C)cn1CC(CC)CC. The molecule has 0 radical (unpaired) electrons. The quantitative estimate of drug-likeness (QED) is 0.716. The Labute approximate surface area is 98.6 Å². The van der Waals surface area contributed by atoms with Crippen molar-refractivity contribution >= 4 is 5.95 Å². The third kappa shape index (κ3) is 3.40. The Morgan fingerprint density at radius 1 is 1.50 bits per heavy atom. The molecule has 0 spiro atoms. The lowest BCUT2D eigenvalue weighted by atomic mass is 10.0.